The Morgan fingerprint density at radius 2 is 2.29 bits per heavy atom. The van der Waals surface area contributed by atoms with Crippen molar-refractivity contribution in [1.82, 2.24) is 5.32 Å². The van der Waals surface area contributed by atoms with Gasteiger partial charge in [-0.2, -0.15) is 0 Å². The molecular formula is C13H17BrFNO. The second-order valence-corrected chi connectivity index (χ2v) is 5.71. The zero-order valence-corrected chi connectivity index (χ0v) is 11.3. The monoisotopic (exact) mass is 301 g/mol. The fourth-order valence-corrected chi connectivity index (χ4v) is 2.84. The Labute approximate surface area is 109 Å². The molecule has 0 bridgehead atoms. The summed E-state index contributed by atoms with van der Waals surface area (Å²) >= 11 is 3.44. The van der Waals surface area contributed by atoms with Crippen molar-refractivity contribution >= 4 is 15.9 Å². The van der Waals surface area contributed by atoms with Gasteiger partial charge in [-0.25, -0.2) is 4.39 Å². The normalized spacial score (nSPS) is 24.9. The first-order valence-corrected chi connectivity index (χ1v) is 6.70. The molecule has 1 saturated heterocycles. The van der Waals surface area contributed by atoms with Crippen LogP contribution in [-0.2, 0) is 6.42 Å². The van der Waals surface area contributed by atoms with Crippen LogP contribution in [0.25, 0.3) is 0 Å². The van der Waals surface area contributed by atoms with Gasteiger partial charge in [0, 0.05) is 16.4 Å². The molecule has 17 heavy (non-hydrogen) atoms. The smallest absolute Gasteiger partial charge is 0.123 e. The number of piperidine rings is 1. The van der Waals surface area contributed by atoms with E-state index < -0.39 is 0 Å². The van der Waals surface area contributed by atoms with Crippen molar-refractivity contribution in [3.63, 3.8) is 0 Å². The van der Waals surface area contributed by atoms with Crippen LogP contribution >= 0.6 is 15.9 Å². The van der Waals surface area contributed by atoms with E-state index in [1.54, 1.807) is 12.1 Å². The molecule has 1 aliphatic heterocycles. The molecule has 0 saturated carbocycles. The molecule has 2 nitrogen and oxygen atoms in total. The van der Waals surface area contributed by atoms with Gasteiger partial charge in [0.25, 0.3) is 0 Å². The molecular weight excluding hydrogens is 285 g/mol. The second kappa shape index (κ2) is 5.46. The summed E-state index contributed by atoms with van der Waals surface area (Å²) < 4.78 is 14.1. The zero-order valence-electron chi connectivity index (χ0n) is 9.68. The van der Waals surface area contributed by atoms with Crippen molar-refractivity contribution in [2.24, 2.45) is 5.41 Å². The molecule has 2 N–H and O–H groups in total. The topological polar surface area (TPSA) is 32.3 Å². The number of rotatable bonds is 3. The van der Waals surface area contributed by atoms with Crippen LogP contribution in [0.3, 0.4) is 0 Å². The Bertz CT molecular complexity index is 391. The van der Waals surface area contributed by atoms with Crippen LogP contribution in [-0.4, -0.2) is 24.8 Å². The zero-order chi connectivity index (χ0) is 12.3. The third-order valence-electron chi connectivity index (χ3n) is 3.47. The van der Waals surface area contributed by atoms with E-state index in [2.05, 4.69) is 21.2 Å². The van der Waals surface area contributed by atoms with Crippen LogP contribution in [0.1, 0.15) is 18.4 Å². The van der Waals surface area contributed by atoms with Crippen molar-refractivity contribution in [1.29, 1.82) is 0 Å². The molecule has 1 heterocycles. The number of benzene rings is 1. The van der Waals surface area contributed by atoms with Crippen molar-refractivity contribution in [2.75, 3.05) is 19.7 Å². The highest BCUT2D eigenvalue weighted by molar-refractivity contribution is 9.10. The predicted molar refractivity (Wildman–Crippen MR) is 69.4 cm³/mol. The van der Waals surface area contributed by atoms with E-state index in [-0.39, 0.29) is 17.8 Å². The summed E-state index contributed by atoms with van der Waals surface area (Å²) in [7, 11) is 0. The van der Waals surface area contributed by atoms with Gasteiger partial charge in [-0.15, -0.1) is 0 Å². The van der Waals surface area contributed by atoms with Crippen molar-refractivity contribution in [3.8, 4) is 0 Å². The Morgan fingerprint density at radius 3 is 2.94 bits per heavy atom. The minimum Gasteiger partial charge on any atom is -0.396 e. The molecule has 1 aliphatic rings. The third kappa shape index (κ3) is 3.06. The number of hydrogen-bond acceptors (Lipinski definition) is 2. The van der Waals surface area contributed by atoms with Crippen LogP contribution in [0, 0.1) is 11.2 Å². The maximum absolute atomic E-state index is 13.2. The Hall–Kier alpha value is -0.450. The van der Waals surface area contributed by atoms with Crippen LogP contribution in [0.2, 0.25) is 0 Å². The van der Waals surface area contributed by atoms with E-state index in [1.165, 1.54) is 6.07 Å². The highest BCUT2D eigenvalue weighted by Crippen LogP contribution is 2.32. The summed E-state index contributed by atoms with van der Waals surface area (Å²) in [5.74, 6) is -0.222. The van der Waals surface area contributed by atoms with E-state index in [4.69, 9.17) is 0 Å². The number of aliphatic hydroxyl groups is 1. The van der Waals surface area contributed by atoms with Gasteiger partial charge in [0.15, 0.2) is 0 Å². The van der Waals surface area contributed by atoms with Crippen molar-refractivity contribution < 1.29 is 9.50 Å². The minimum atomic E-state index is -0.222. The van der Waals surface area contributed by atoms with Gasteiger partial charge in [0.1, 0.15) is 5.82 Å². The summed E-state index contributed by atoms with van der Waals surface area (Å²) in [6.07, 6.45) is 2.75. The first-order valence-electron chi connectivity index (χ1n) is 5.91. The van der Waals surface area contributed by atoms with Gasteiger partial charge >= 0.3 is 0 Å². The molecule has 2 rings (SSSR count). The molecule has 1 aromatic carbocycles. The summed E-state index contributed by atoms with van der Waals surface area (Å²) in [6, 6.07) is 4.72. The SMILES string of the molecule is OCC1(Cc2cc(F)ccc2Br)CCCNC1. The number of halogens is 2. The Kier molecular flexibility index (Phi) is 4.17. The molecule has 94 valence electrons. The molecule has 1 atom stereocenters. The van der Waals surface area contributed by atoms with E-state index in [0.29, 0.717) is 6.42 Å². The van der Waals surface area contributed by atoms with E-state index in [0.717, 1.165) is 36.0 Å². The predicted octanol–water partition coefficient (Wildman–Crippen LogP) is 2.49. The van der Waals surface area contributed by atoms with Crippen molar-refractivity contribution in [3.05, 3.63) is 34.1 Å². The summed E-state index contributed by atoms with van der Waals surface area (Å²) in [5, 5.41) is 12.9. The quantitative estimate of drug-likeness (QED) is 0.899. The molecule has 0 aliphatic carbocycles. The van der Waals surface area contributed by atoms with Gasteiger partial charge < -0.3 is 10.4 Å². The molecule has 0 aromatic heterocycles. The maximum atomic E-state index is 13.2. The Morgan fingerprint density at radius 1 is 1.47 bits per heavy atom. The highest BCUT2D eigenvalue weighted by atomic mass is 79.9. The van der Waals surface area contributed by atoms with E-state index in [9.17, 15) is 9.50 Å². The minimum absolute atomic E-state index is 0.142. The lowest BCUT2D eigenvalue weighted by atomic mass is 9.76. The summed E-state index contributed by atoms with van der Waals surface area (Å²) in [5.41, 5.74) is 0.789. The highest BCUT2D eigenvalue weighted by Gasteiger charge is 2.32. The van der Waals surface area contributed by atoms with Crippen molar-refractivity contribution in [2.45, 2.75) is 19.3 Å². The number of hydrogen-bond donors (Lipinski definition) is 2. The third-order valence-corrected chi connectivity index (χ3v) is 4.24. The Balaban J connectivity index is 2.20. The lowest BCUT2D eigenvalue weighted by molar-refractivity contribution is 0.0945. The lowest BCUT2D eigenvalue weighted by Gasteiger charge is -2.36. The molecule has 0 spiro atoms. The second-order valence-electron chi connectivity index (χ2n) is 4.85. The first-order chi connectivity index (χ1) is 8.15. The molecule has 1 fully saturated rings. The van der Waals surface area contributed by atoms with E-state index >= 15 is 0 Å². The average molecular weight is 302 g/mol. The van der Waals surface area contributed by atoms with Crippen LogP contribution in [0.5, 0.6) is 0 Å². The first kappa shape index (κ1) is 13.0. The van der Waals surface area contributed by atoms with Gasteiger partial charge in [0.05, 0.1) is 6.61 Å². The van der Waals surface area contributed by atoms with Gasteiger partial charge in [-0.3, -0.25) is 0 Å². The fourth-order valence-electron chi connectivity index (χ4n) is 2.45. The molecule has 0 amide bonds. The molecule has 0 radical (unpaired) electrons. The fraction of sp³-hybridized carbons (Fsp3) is 0.538. The standard InChI is InChI=1S/C13H17BrFNO/c14-12-3-2-11(15)6-10(12)7-13(9-17)4-1-5-16-8-13/h2-3,6,16-17H,1,4-5,7-9H2. The summed E-state index contributed by atoms with van der Waals surface area (Å²) in [6.45, 7) is 1.95. The lowest BCUT2D eigenvalue weighted by Crippen LogP contribution is -2.44. The van der Waals surface area contributed by atoms with Crippen LogP contribution < -0.4 is 5.32 Å². The average Bonchev–Trinajstić information content (AvgIpc) is 2.35. The number of nitrogens with one attached hydrogen (secondary N) is 1. The van der Waals surface area contributed by atoms with E-state index in [1.807, 2.05) is 0 Å². The maximum Gasteiger partial charge on any atom is 0.123 e. The molecule has 4 heteroatoms. The van der Waals surface area contributed by atoms with Crippen LogP contribution in [0.4, 0.5) is 4.39 Å². The van der Waals surface area contributed by atoms with Gasteiger partial charge in [0.2, 0.25) is 0 Å². The van der Waals surface area contributed by atoms with Gasteiger partial charge in [-0.05, 0) is 49.6 Å². The largest absolute Gasteiger partial charge is 0.396 e. The van der Waals surface area contributed by atoms with Gasteiger partial charge in [-0.1, -0.05) is 15.9 Å². The summed E-state index contributed by atoms with van der Waals surface area (Å²) in [4.78, 5) is 0. The van der Waals surface area contributed by atoms with Crippen LogP contribution in [0.15, 0.2) is 22.7 Å². The molecule has 1 aromatic rings. The molecule has 1 unspecified atom stereocenters. The number of aliphatic hydroxyl groups excluding tert-OH is 1.